The third-order valence-electron chi connectivity index (χ3n) is 3.91. The first-order chi connectivity index (χ1) is 11.6. The molecule has 3 N–H and O–H groups in total. The van der Waals surface area contributed by atoms with Crippen LogP contribution in [0, 0.1) is 5.82 Å². The lowest BCUT2D eigenvalue weighted by atomic mass is 10.0. The Labute approximate surface area is 144 Å². The quantitative estimate of drug-likeness (QED) is 0.794. The fourth-order valence-corrected chi connectivity index (χ4v) is 2.87. The zero-order chi connectivity index (χ0) is 17.1. The van der Waals surface area contributed by atoms with Crippen LogP contribution in [0.15, 0.2) is 42.5 Å². The van der Waals surface area contributed by atoms with Crippen LogP contribution in [0.2, 0.25) is 5.02 Å². The van der Waals surface area contributed by atoms with Gasteiger partial charge in [0.2, 0.25) is 5.91 Å². The Morgan fingerprint density at radius 3 is 2.67 bits per heavy atom. The molecule has 0 bridgehead atoms. The van der Waals surface area contributed by atoms with Crippen LogP contribution in [0.3, 0.4) is 0 Å². The summed E-state index contributed by atoms with van der Waals surface area (Å²) in [5, 5.41) is 3.24. The zero-order valence-electron chi connectivity index (χ0n) is 13.0. The van der Waals surface area contributed by atoms with Gasteiger partial charge in [-0.1, -0.05) is 23.7 Å². The third-order valence-corrected chi connectivity index (χ3v) is 4.21. The fraction of sp³-hybridized carbons (Fsp3) is 0.235. The molecule has 1 amide bonds. The minimum absolute atomic E-state index is 0.0548. The molecular weight excluding hydrogens is 333 g/mol. The first-order valence-electron chi connectivity index (χ1n) is 7.48. The van der Waals surface area contributed by atoms with Crippen molar-refractivity contribution in [3.05, 3.63) is 58.9 Å². The molecule has 24 heavy (non-hydrogen) atoms. The third kappa shape index (κ3) is 3.67. The molecular formula is C17H17ClFN3O2. The van der Waals surface area contributed by atoms with Crippen LogP contribution in [0.1, 0.15) is 18.0 Å². The number of hydrogen-bond donors (Lipinski definition) is 3. The predicted molar refractivity (Wildman–Crippen MR) is 90.5 cm³/mol. The molecule has 126 valence electrons. The number of halogens is 2. The van der Waals surface area contributed by atoms with Gasteiger partial charge < -0.3 is 10.1 Å². The van der Waals surface area contributed by atoms with Crippen molar-refractivity contribution in [2.75, 3.05) is 12.4 Å². The van der Waals surface area contributed by atoms with E-state index in [1.54, 1.807) is 30.3 Å². The van der Waals surface area contributed by atoms with Crippen molar-refractivity contribution >= 4 is 23.2 Å². The molecule has 1 fully saturated rings. The number of carbonyl (C=O) groups is 1. The fourth-order valence-electron chi connectivity index (χ4n) is 2.62. The SMILES string of the molecule is COc1ccc(NC(=O)C2CC(c3ccc(F)cc3)NN2)cc1Cl. The minimum atomic E-state index is -0.402. The van der Waals surface area contributed by atoms with Crippen molar-refractivity contribution in [3.63, 3.8) is 0 Å². The van der Waals surface area contributed by atoms with Crippen molar-refractivity contribution in [1.82, 2.24) is 10.9 Å². The van der Waals surface area contributed by atoms with Crippen LogP contribution in [0.25, 0.3) is 0 Å². The van der Waals surface area contributed by atoms with Gasteiger partial charge in [0, 0.05) is 11.7 Å². The molecule has 0 saturated carbocycles. The molecule has 2 aromatic carbocycles. The number of anilines is 1. The Hall–Kier alpha value is -2.15. The Morgan fingerprint density at radius 1 is 1.25 bits per heavy atom. The summed E-state index contributed by atoms with van der Waals surface area (Å²) in [6.45, 7) is 0. The molecule has 7 heteroatoms. The normalized spacial score (nSPS) is 20.0. The monoisotopic (exact) mass is 349 g/mol. The first-order valence-corrected chi connectivity index (χ1v) is 7.85. The highest BCUT2D eigenvalue weighted by Crippen LogP contribution is 2.28. The maximum Gasteiger partial charge on any atom is 0.242 e. The molecule has 1 aliphatic heterocycles. The van der Waals surface area contributed by atoms with Gasteiger partial charge in [0.05, 0.1) is 12.1 Å². The zero-order valence-corrected chi connectivity index (χ0v) is 13.7. The number of carbonyl (C=O) groups excluding carboxylic acids is 1. The van der Waals surface area contributed by atoms with Crippen molar-refractivity contribution < 1.29 is 13.9 Å². The van der Waals surface area contributed by atoms with Crippen molar-refractivity contribution in [2.45, 2.75) is 18.5 Å². The summed E-state index contributed by atoms with van der Waals surface area (Å²) in [6.07, 6.45) is 0.557. The highest BCUT2D eigenvalue weighted by Gasteiger charge is 2.30. The van der Waals surface area contributed by atoms with Gasteiger partial charge in [0.15, 0.2) is 0 Å². The van der Waals surface area contributed by atoms with Gasteiger partial charge in [-0.15, -0.1) is 0 Å². The highest BCUT2D eigenvalue weighted by atomic mass is 35.5. The molecule has 1 heterocycles. The molecule has 2 aromatic rings. The van der Waals surface area contributed by atoms with Crippen molar-refractivity contribution in [3.8, 4) is 5.75 Å². The summed E-state index contributed by atoms with van der Waals surface area (Å²) in [4.78, 5) is 12.4. The Balaban J connectivity index is 1.62. The second kappa shape index (κ2) is 7.17. The minimum Gasteiger partial charge on any atom is -0.495 e. The van der Waals surface area contributed by atoms with E-state index >= 15 is 0 Å². The summed E-state index contributed by atoms with van der Waals surface area (Å²) < 4.78 is 18.1. The molecule has 2 atom stereocenters. The van der Waals surface area contributed by atoms with Gasteiger partial charge in [-0.05, 0) is 42.3 Å². The van der Waals surface area contributed by atoms with E-state index in [4.69, 9.17) is 16.3 Å². The Morgan fingerprint density at radius 2 is 2.00 bits per heavy atom. The maximum absolute atomic E-state index is 13.0. The number of hydrazine groups is 1. The first kappa shape index (κ1) is 16.7. The second-order valence-electron chi connectivity index (χ2n) is 5.52. The van der Waals surface area contributed by atoms with E-state index in [1.807, 2.05) is 0 Å². The number of rotatable bonds is 4. The summed E-state index contributed by atoms with van der Waals surface area (Å²) in [5.41, 5.74) is 7.54. The van der Waals surface area contributed by atoms with Crippen molar-refractivity contribution in [2.24, 2.45) is 0 Å². The average molecular weight is 350 g/mol. The van der Waals surface area contributed by atoms with Gasteiger partial charge in [0.1, 0.15) is 17.6 Å². The summed E-state index contributed by atoms with van der Waals surface area (Å²) in [6, 6.07) is 10.8. The molecule has 0 aromatic heterocycles. The van der Waals surface area contributed by atoms with Crippen molar-refractivity contribution in [1.29, 1.82) is 0 Å². The van der Waals surface area contributed by atoms with E-state index in [-0.39, 0.29) is 17.8 Å². The van der Waals surface area contributed by atoms with Gasteiger partial charge in [-0.25, -0.2) is 15.2 Å². The summed E-state index contributed by atoms with van der Waals surface area (Å²) >= 11 is 6.05. The molecule has 0 aliphatic carbocycles. The molecule has 0 spiro atoms. The second-order valence-corrected chi connectivity index (χ2v) is 5.93. The average Bonchev–Trinajstić information content (AvgIpc) is 3.06. The lowest BCUT2D eigenvalue weighted by Crippen LogP contribution is -2.39. The molecule has 3 rings (SSSR count). The lowest BCUT2D eigenvalue weighted by Gasteiger charge is -2.12. The lowest BCUT2D eigenvalue weighted by molar-refractivity contribution is -0.117. The van der Waals surface area contributed by atoms with Crippen LogP contribution in [-0.2, 0) is 4.79 Å². The van der Waals surface area contributed by atoms with E-state index in [0.717, 1.165) is 5.56 Å². The van der Waals surface area contributed by atoms with Crippen LogP contribution in [0.4, 0.5) is 10.1 Å². The van der Waals surface area contributed by atoms with Crippen LogP contribution >= 0.6 is 11.6 Å². The van der Waals surface area contributed by atoms with E-state index in [9.17, 15) is 9.18 Å². The number of benzene rings is 2. The Kier molecular flexibility index (Phi) is 4.99. The van der Waals surface area contributed by atoms with Crippen LogP contribution in [-0.4, -0.2) is 19.1 Å². The Bertz CT molecular complexity index is 739. The largest absolute Gasteiger partial charge is 0.495 e. The van der Waals surface area contributed by atoms with Gasteiger partial charge >= 0.3 is 0 Å². The van der Waals surface area contributed by atoms with Gasteiger partial charge in [-0.3, -0.25) is 4.79 Å². The number of hydrogen-bond acceptors (Lipinski definition) is 4. The van der Waals surface area contributed by atoms with E-state index in [2.05, 4.69) is 16.2 Å². The molecule has 5 nitrogen and oxygen atoms in total. The topological polar surface area (TPSA) is 62.4 Å². The molecule has 1 saturated heterocycles. The van der Waals surface area contributed by atoms with Crippen LogP contribution < -0.4 is 20.9 Å². The summed E-state index contributed by atoms with van der Waals surface area (Å²) in [5.74, 6) is 0.0930. The molecule has 2 unspecified atom stereocenters. The number of ether oxygens (including phenoxy) is 1. The smallest absolute Gasteiger partial charge is 0.242 e. The molecule has 0 radical (unpaired) electrons. The van der Waals surface area contributed by atoms with E-state index < -0.39 is 6.04 Å². The highest BCUT2D eigenvalue weighted by molar-refractivity contribution is 6.32. The van der Waals surface area contributed by atoms with E-state index in [0.29, 0.717) is 22.9 Å². The number of nitrogens with one attached hydrogen (secondary N) is 3. The van der Waals surface area contributed by atoms with Gasteiger partial charge in [0.25, 0.3) is 0 Å². The number of methoxy groups -OCH3 is 1. The summed E-state index contributed by atoms with van der Waals surface area (Å²) in [7, 11) is 1.53. The van der Waals surface area contributed by atoms with Crippen LogP contribution in [0.5, 0.6) is 5.75 Å². The molecule has 1 aliphatic rings. The predicted octanol–water partition coefficient (Wildman–Crippen LogP) is 3.03. The van der Waals surface area contributed by atoms with Gasteiger partial charge in [-0.2, -0.15) is 0 Å². The standard InChI is InChI=1S/C17H17ClFN3O2/c1-24-16-7-6-12(8-13(16)18)20-17(23)15-9-14(21-22-15)10-2-4-11(19)5-3-10/h2-8,14-15,21-22H,9H2,1H3,(H,20,23). The maximum atomic E-state index is 13.0. The van der Waals surface area contributed by atoms with E-state index in [1.165, 1.54) is 19.2 Å². The number of amides is 1.